The minimum atomic E-state index is 0.572. The molecule has 0 aromatic heterocycles. The smallest absolute Gasteiger partial charge is 0.0652 e. The standard InChI is InChI=1S/C19H14Cl2N2/c20-16-12-11-15(19(21)13-16)14-22-23(17-7-3-1-4-8-17)18-9-5-2-6-10-18/h1-14H/b22-14+. The van der Waals surface area contributed by atoms with Crippen molar-refractivity contribution < 1.29 is 0 Å². The Morgan fingerprint density at radius 2 is 1.30 bits per heavy atom. The van der Waals surface area contributed by atoms with Crippen molar-refractivity contribution in [1.29, 1.82) is 0 Å². The van der Waals surface area contributed by atoms with Crippen molar-refractivity contribution in [3.05, 3.63) is 94.5 Å². The Morgan fingerprint density at radius 3 is 1.83 bits per heavy atom. The Labute approximate surface area is 145 Å². The van der Waals surface area contributed by atoms with E-state index in [4.69, 9.17) is 23.2 Å². The highest BCUT2D eigenvalue weighted by Gasteiger charge is 2.07. The molecule has 0 radical (unpaired) electrons. The molecule has 23 heavy (non-hydrogen) atoms. The van der Waals surface area contributed by atoms with E-state index in [1.54, 1.807) is 18.3 Å². The fraction of sp³-hybridized carbons (Fsp3) is 0. The number of benzene rings is 3. The molecule has 0 aliphatic rings. The SMILES string of the molecule is Clc1ccc(/C=N/N(c2ccccc2)c2ccccc2)c(Cl)c1. The summed E-state index contributed by atoms with van der Waals surface area (Å²) in [6.07, 6.45) is 1.73. The molecule has 0 saturated heterocycles. The average molecular weight is 341 g/mol. The van der Waals surface area contributed by atoms with E-state index in [-0.39, 0.29) is 0 Å². The van der Waals surface area contributed by atoms with Crippen molar-refractivity contribution in [3.8, 4) is 0 Å². The van der Waals surface area contributed by atoms with Gasteiger partial charge in [0.05, 0.1) is 22.6 Å². The van der Waals surface area contributed by atoms with Crippen LogP contribution in [0.4, 0.5) is 11.4 Å². The molecule has 2 nitrogen and oxygen atoms in total. The number of anilines is 2. The summed E-state index contributed by atoms with van der Waals surface area (Å²) in [6.45, 7) is 0. The molecule has 3 aromatic rings. The second kappa shape index (κ2) is 7.32. The van der Waals surface area contributed by atoms with E-state index in [9.17, 15) is 0 Å². The van der Waals surface area contributed by atoms with E-state index in [2.05, 4.69) is 5.10 Å². The van der Waals surface area contributed by atoms with Gasteiger partial charge >= 0.3 is 0 Å². The van der Waals surface area contributed by atoms with Crippen molar-refractivity contribution >= 4 is 40.8 Å². The summed E-state index contributed by atoms with van der Waals surface area (Å²) in [7, 11) is 0. The van der Waals surface area contributed by atoms with Crippen LogP contribution in [0, 0.1) is 0 Å². The van der Waals surface area contributed by atoms with E-state index in [0.29, 0.717) is 10.0 Å². The van der Waals surface area contributed by atoms with Crippen LogP contribution in [0.25, 0.3) is 0 Å². The lowest BCUT2D eigenvalue weighted by atomic mass is 10.2. The maximum Gasteiger partial charge on any atom is 0.0652 e. The number of hydrogen-bond donors (Lipinski definition) is 0. The van der Waals surface area contributed by atoms with Crippen LogP contribution in [-0.2, 0) is 0 Å². The average Bonchev–Trinajstić information content (AvgIpc) is 2.59. The number of nitrogens with zero attached hydrogens (tertiary/aromatic N) is 2. The van der Waals surface area contributed by atoms with Crippen LogP contribution >= 0.6 is 23.2 Å². The molecule has 3 aromatic carbocycles. The van der Waals surface area contributed by atoms with E-state index >= 15 is 0 Å². The molecule has 0 amide bonds. The molecule has 0 aliphatic carbocycles. The summed E-state index contributed by atoms with van der Waals surface area (Å²) >= 11 is 12.1. The largest absolute Gasteiger partial charge is 0.234 e. The van der Waals surface area contributed by atoms with Gasteiger partial charge < -0.3 is 0 Å². The molecule has 4 heteroatoms. The second-order valence-corrected chi connectivity index (χ2v) is 5.74. The number of hydrazone groups is 1. The lowest BCUT2D eigenvalue weighted by Crippen LogP contribution is -2.09. The monoisotopic (exact) mass is 340 g/mol. The van der Waals surface area contributed by atoms with Crippen LogP contribution in [0.1, 0.15) is 5.56 Å². The zero-order chi connectivity index (χ0) is 16.1. The predicted molar refractivity (Wildman–Crippen MR) is 99.1 cm³/mol. The van der Waals surface area contributed by atoms with Gasteiger partial charge in [-0.2, -0.15) is 5.10 Å². The Bertz CT molecular complexity index is 763. The van der Waals surface area contributed by atoms with Gasteiger partial charge in [-0.1, -0.05) is 65.7 Å². The molecule has 114 valence electrons. The molecule has 0 spiro atoms. The summed E-state index contributed by atoms with van der Waals surface area (Å²) in [5, 5.41) is 7.65. The molecule has 0 unspecified atom stereocenters. The Balaban J connectivity index is 1.98. The Kier molecular flexibility index (Phi) is 4.96. The minimum Gasteiger partial charge on any atom is -0.234 e. The van der Waals surface area contributed by atoms with Crippen molar-refractivity contribution in [2.24, 2.45) is 5.10 Å². The Hall–Kier alpha value is -2.29. The molecule has 0 bridgehead atoms. The van der Waals surface area contributed by atoms with E-state index in [1.165, 1.54) is 0 Å². The number of hydrogen-bond acceptors (Lipinski definition) is 2. The maximum atomic E-state index is 6.21. The number of halogens is 2. The summed E-state index contributed by atoms with van der Waals surface area (Å²) in [6, 6.07) is 25.3. The normalized spacial score (nSPS) is 10.9. The molecule has 0 fully saturated rings. The van der Waals surface area contributed by atoms with Gasteiger partial charge in [-0.15, -0.1) is 0 Å². The Morgan fingerprint density at radius 1 is 0.739 bits per heavy atom. The quantitative estimate of drug-likeness (QED) is 0.409. The first kappa shape index (κ1) is 15.6. The zero-order valence-electron chi connectivity index (χ0n) is 12.2. The van der Waals surface area contributed by atoms with Crippen molar-refractivity contribution in [1.82, 2.24) is 0 Å². The molecule has 3 rings (SSSR count). The predicted octanol–water partition coefficient (Wildman–Crippen LogP) is 6.17. The summed E-state index contributed by atoms with van der Waals surface area (Å²) in [5.74, 6) is 0. The summed E-state index contributed by atoms with van der Waals surface area (Å²) in [5.41, 5.74) is 2.76. The highest BCUT2D eigenvalue weighted by Crippen LogP contribution is 2.26. The first-order valence-corrected chi connectivity index (χ1v) is 7.89. The molecular weight excluding hydrogens is 327 g/mol. The van der Waals surface area contributed by atoms with E-state index in [1.807, 2.05) is 71.7 Å². The van der Waals surface area contributed by atoms with Crippen molar-refractivity contribution in [2.75, 3.05) is 5.01 Å². The first-order chi connectivity index (χ1) is 11.2. The van der Waals surface area contributed by atoms with Gasteiger partial charge in [0.25, 0.3) is 0 Å². The maximum absolute atomic E-state index is 6.21. The highest BCUT2D eigenvalue weighted by atomic mass is 35.5. The number of rotatable bonds is 4. The lowest BCUT2D eigenvalue weighted by Gasteiger charge is -2.19. The number of para-hydroxylation sites is 2. The van der Waals surface area contributed by atoms with Gasteiger partial charge in [0, 0.05) is 10.6 Å². The van der Waals surface area contributed by atoms with Crippen molar-refractivity contribution in [2.45, 2.75) is 0 Å². The summed E-state index contributed by atoms with van der Waals surface area (Å²) < 4.78 is 0. The van der Waals surface area contributed by atoms with Crippen LogP contribution in [0.2, 0.25) is 10.0 Å². The molecule has 0 saturated carbocycles. The molecule has 0 aliphatic heterocycles. The molecule has 0 atom stereocenters. The van der Waals surface area contributed by atoms with Crippen LogP contribution in [0.5, 0.6) is 0 Å². The van der Waals surface area contributed by atoms with Crippen LogP contribution in [0.15, 0.2) is 84.0 Å². The topological polar surface area (TPSA) is 15.6 Å². The second-order valence-electron chi connectivity index (χ2n) is 4.89. The van der Waals surface area contributed by atoms with Crippen LogP contribution in [-0.4, -0.2) is 6.21 Å². The third-order valence-electron chi connectivity index (χ3n) is 3.28. The lowest BCUT2D eigenvalue weighted by molar-refractivity contribution is 1.09. The van der Waals surface area contributed by atoms with E-state index < -0.39 is 0 Å². The molecule has 0 N–H and O–H groups in total. The molecule has 0 heterocycles. The zero-order valence-corrected chi connectivity index (χ0v) is 13.7. The third kappa shape index (κ3) is 3.92. The van der Waals surface area contributed by atoms with Crippen molar-refractivity contribution in [3.63, 3.8) is 0 Å². The fourth-order valence-corrected chi connectivity index (χ4v) is 2.60. The summed E-state index contributed by atoms with van der Waals surface area (Å²) in [4.78, 5) is 0. The van der Waals surface area contributed by atoms with Gasteiger partial charge in [0.2, 0.25) is 0 Å². The first-order valence-electron chi connectivity index (χ1n) is 7.13. The van der Waals surface area contributed by atoms with Gasteiger partial charge in [0.15, 0.2) is 0 Å². The van der Waals surface area contributed by atoms with Crippen LogP contribution < -0.4 is 5.01 Å². The highest BCUT2D eigenvalue weighted by molar-refractivity contribution is 6.36. The van der Waals surface area contributed by atoms with E-state index in [0.717, 1.165) is 16.9 Å². The van der Waals surface area contributed by atoms with Gasteiger partial charge in [-0.05, 0) is 36.4 Å². The van der Waals surface area contributed by atoms with Gasteiger partial charge in [-0.25, -0.2) is 5.01 Å². The minimum absolute atomic E-state index is 0.572. The third-order valence-corrected chi connectivity index (χ3v) is 3.84. The van der Waals surface area contributed by atoms with Crippen LogP contribution in [0.3, 0.4) is 0 Å². The molecular formula is C19H14Cl2N2. The fourth-order valence-electron chi connectivity index (χ4n) is 2.15. The van der Waals surface area contributed by atoms with Gasteiger partial charge in [0.1, 0.15) is 0 Å². The van der Waals surface area contributed by atoms with Gasteiger partial charge in [-0.3, -0.25) is 0 Å².